The molecule has 0 fully saturated rings. The minimum absolute atomic E-state index is 0.0148. The van der Waals surface area contributed by atoms with E-state index in [1.165, 1.54) is 5.56 Å². The van der Waals surface area contributed by atoms with Crippen LogP contribution in [0.1, 0.15) is 25.8 Å². The fraction of sp³-hybridized carbons (Fsp3) is 0.385. The summed E-state index contributed by atoms with van der Waals surface area (Å²) in [5, 5.41) is 4.00. The zero-order valence-electron chi connectivity index (χ0n) is 9.66. The number of carbonyl (C=O) groups is 1. The molecule has 1 aliphatic heterocycles. The molecule has 0 saturated heterocycles. The summed E-state index contributed by atoms with van der Waals surface area (Å²) in [5.41, 5.74) is 4.25. The summed E-state index contributed by atoms with van der Waals surface area (Å²) in [6, 6.07) is 10.2. The van der Waals surface area contributed by atoms with E-state index in [1.807, 2.05) is 32.0 Å². The molecule has 1 aliphatic rings. The van der Waals surface area contributed by atoms with Gasteiger partial charge in [-0.25, -0.2) is 5.43 Å². The molecule has 0 radical (unpaired) electrons. The fourth-order valence-corrected chi connectivity index (χ4v) is 1.88. The topological polar surface area (TPSA) is 41.5 Å². The highest BCUT2D eigenvalue weighted by Gasteiger charge is 2.39. The SMILES string of the molecule is CC1=NNC(=O)[C@]1(C)CCc1ccccc1. The van der Waals surface area contributed by atoms with E-state index in [-0.39, 0.29) is 5.91 Å². The van der Waals surface area contributed by atoms with Crippen LogP contribution < -0.4 is 5.43 Å². The average molecular weight is 216 g/mol. The van der Waals surface area contributed by atoms with Crippen molar-refractivity contribution in [2.45, 2.75) is 26.7 Å². The number of benzene rings is 1. The lowest BCUT2D eigenvalue weighted by Gasteiger charge is -2.20. The summed E-state index contributed by atoms with van der Waals surface area (Å²) in [6.45, 7) is 3.86. The molecule has 0 aliphatic carbocycles. The molecule has 0 aromatic heterocycles. The van der Waals surface area contributed by atoms with E-state index in [9.17, 15) is 4.79 Å². The molecule has 1 aromatic carbocycles. The second-order valence-electron chi connectivity index (χ2n) is 4.46. The Hall–Kier alpha value is -1.64. The van der Waals surface area contributed by atoms with Crippen LogP contribution in [0.5, 0.6) is 0 Å². The Morgan fingerprint density at radius 3 is 2.56 bits per heavy atom. The van der Waals surface area contributed by atoms with Gasteiger partial charge in [0.15, 0.2) is 0 Å². The standard InChI is InChI=1S/C13H16N2O/c1-10-13(2,12(16)15-14-10)9-8-11-6-4-3-5-7-11/h3-7H,8-9H2,1-2H3,(H,15,16)/t13-/m1/s1. The summed E-state index contributed by atoms with van der Waals surface area (Å²) >= 11 is 0. The summed E-state index contributed by atoms with van der Waals surface area (Å²) in [7, 11) is 0. The minimum Gasteiger partial charge on any atom is -0.272 e. The predicted octanol–water partition coefficient (Wildman–Crippen LogP) is 2.13. The van der Waals surface area contributed by atoms with Crippen molar-refractivity contribution in [1.82, 2.24) is 5.43 Å². The van der Waals surface area contributed by atoms with Gasteiger partial charge in [-0.3, -0.25) is 4.79 Å². The van der Waals surface area contributed by atoms with Gasteiger partial charge in [0.25, 0.3) is 5.91 Å². The first-order valence-electron chi connectivity index (χ1n) is 5.52. The fourth-order valence-electron chi connectivity index (χ4n) is 1.88. The maximum Gasteiger partial charge on any atom is 0.251 e. The second-order valence-corrected chi connectivity index (χ2v) is 4.46. The zero-order chi connectivity index (χ0) is 11.6. The van der Waals surface area contributed by atoms with Crippen LogP contribution in [0.4, 0.5) is 0 Å². The van der Waals surface area contributed by atoms with Crippen LogP contribution in [0, 0.1) is 5.41 Å². The Bertz CT molecular complexity index is 425. The van der Waals surface area contributed by atoms with E-state index >= 15 is 0 Å². The lowest BCUT2D eigenvalue weighted by molar-refractivity contribution is -0.125. The van der Waals surface area contributed by atoms with Crippen molar-refractivity contribution >= 4 is 11.6 Å². The number of hydrogen-bond donors (Lipinski definition) is 1. The largest absolute Gasteiger partial charge is 0.272 e. The van der Waals surface area contributed by atoms with Gasteiger partial charge >= 0.3 is 0 Å². The number of amides is 1. The second kappa shape index (κ2) is 4.08. The average Bonchev–Trinajstić information content (AvgIpc) is 2.57. The summed E-state index contributed by atoms with van der Waals surface area (Å²) in [4.78, 5) is 11.7. The molecule has 3 nitrogen and oxygen atoms in total. The first kappa shape index (κ1) is 10.9. The van der Waals surface area contributed by atoms with Gasteiger partial charge in [-0.2, -0.15) is 5.10 Å². The molecular weight excluding hydrogens is 200 g/mol. The molecular formula is C13H16N2O. The number of hydrogen-bond acceptors (Lipinski definition) is 2. The van der Waals surface area contributed by atoms with Gasteiger partial charge in [-0.15, -0.1) is 0 Å². The van der Waals surface area contributed by atoms with E-state index in [4.69, 9.17) is 0 Å². The molecule has 3 heteroatoms. The van der Waals surface area contributed by atoms with Gasteiger partial charge in [0.2, 0.25) is 0 Å². The predicted molar refractivity (Wildman–Crippen MR) is 64.1 cm³/mol. The maximum atomic E-state index is 11.7. The quantitative estimate of drug-likeness (QED) is 0.826. The van der Waals surface area contributed by atoms with Gasteiger partial charge < -0.3 is 0 Å². The van der Waals surface area contributed by atoms with E-state index in [0.717, 1.165) is 18.6 Å². The summed E-state index contributed by atoms with van der Waals surface area (Å²) in [5.74, 6) is 0.0148. The van der Waals surface area contributed by atoms with Crippen LogP contribution in [0.25, 0.3) is 0 Å². The van der Waals surface area contributed by atoms with Crippen molar-refractivity contribution in [3.05, 3.63) is 35.9 Å². The highest BCUT2D eigenvalue weighted by Crippen LogP contribution is 2.29. The molecule has 1 N–H and O–H groups in total. The normalized spacial score (nSPS) is 24.1. The molecule has 1 atom stereocenters. The summed E-state index contributed by atoms with van der Waals surface area (Å²) < 4.78 is 0. The smallest absolute Gasteiger partial charge is 0.251 e. The van der Waals surface area contributed by atoms with Gasteiger partial charge in [0.1, 0.15) is 0 Å². The number of hydrazone groups is 1. The first-order chi connectivity index (χ1) is 7.63. The van der Waals surface area contributed by atoms with Crippen molar-refractivity contribution in [1.29, 1.82) is 0 Å². The first-order valence-corrected chi connectivity index (χ1v) is 5.52. The van der Waals surface area contributed by atoms with Crippen LogP contribution in [0.2, 0.25) is 0 Å². The van der Waals surface area contributed by atoms with Gasteiger partial charge in [-0.1, -0.05) is 30.3 Å². The number of carbonyl (C=O) groups excluding carboxylic acids is 1. The van der Waals surface area contributed by atoms with E-state index in [2.05, 4.69) is 22.7 Å². The Morgan fingerprint density at radius 1 is 1.31 bits per heavy atom. The van der Waals surface area contributed by atoms with Gasteiger partial charge in [-0.05, 0) is 32.3 Å². The third kappa shape index (κ3) is 1.85. The van der Waals surface area contributed by atoms with Crippen molar-refractivity contribution in [3.63, 3.8) is 0 Å². The van der Waals surface area contributed by atoms with Crippen molar-refractivity contribution in [2.24, 2.45) is 10.5 Å². The van der Waals surface area contributed by atoms with Crippen molar-refractivity contribution in [3.8, 4) is 0 Å². The highest BCUT2D eigenvalue weighted by atomic mass is 16.2. The number of nitrogens with zero attached hydrogens (tertiary/aromatic N) is 1. The van der Waals surface area contributed by atoms with Crippen LogP contribution in [0.15, 0.2) is 35.4 Å². The van der Waals surface area contributed by atoms with E-state index in [0.29, 0.717) is 0 Å². The molecule has 0 spiro atoms. The molecule has 0 saturated carbocycles. The van der Waals surface area contributed by atoms with Gasteiger partial charge in [0, 0.05) is 0 Å². The Kier molecular flexibility index (Phi) is 2.77. The summed E-state index contributed by atoms with van der Waals surface area (Å²) in [6.07, 6.45) is 1.70. The lowest BCUT2D eigenvalue weighted by atomic mass is 9.80. The third-order valence-corrected chi connectivity index (χ3v) is 3.38. The number of nitrogens with one attached hydrogen (secondary N) is 1. The molecule has 1 amide bonds. The Balaban J connectivity index is 2.05. The number of rotatable bonds is 3. The van der Waals surface area contributed by atoms with Crippen molar-refractivity contribution in [2.75, 3.05) is 0 Å². The molecule has 2 rings (SSSR count). The molecule has 16 heavy (non-hydrogen) atoms. The van der Waals surface area contributed by atoms with Crippen LogP contribution in [-0.4, -0.2) is 11.6 Å². The highest BCUT2D eigenvalue weighted by molar-refractivity contribution is 6.10. The van der Waals surface area contributed by atoms with Crippen LogP contribution >= 0.6 is 0 Å². The Morgan fingerprint density at radius 2 is 2.00 bits per heavy atom. The van der Waals surface area contributed by atoms with E-state index < -0.39 is 5.41 Å². The van der Waals surface area contributed by atoms with Crippen LogP contribution in [-0.2, 0) is 11.2 Å². The van der Waals surface area contributed by atoms with E-state index in [1.54, 1.807) is 0 Å². The van der Waals surface area contributed by atoms with Gasteiger partial charge in [0.05, 0.1) is 11.1 Å². The monoisotopic (exact) mass is 216 g/mol. The number of aryl methyl sites for hydroxylation is 1. The molecule has 0 unspecified atom stereocenters. The molecule has 0 bridgehead atoms. The molecule has 84 valence electrons. The van der Waals surface area contributed by atoms with Crippen LogP contribution in [0.3, 0.4) is 0 Å². The molecule has 1 aromatic rings. The lowest BCUT2D eigenvalue weighted by Crippen LogP contribution is -2.34. The molecule has 1 heterocycles. The van der Waals surface area contributed by atoms with Crippen molar-refractivity contribution < 1.29 is 4.79 Å². The third-order valence-electron chi connectivity index (χ3n) is 3.38. The Labute approximate surface area is 95.6 Å². The maximum absolute atomic E-state index is 11.7. The zero-order valence-corrected chi connectivity index (χ0v) is 9.66. The minimum atomic E-state index is -0.435.